The molecular weight excluding hydrogens is 462 g/mol. The number of benzene rings is 6. The first kappa shape index (κ1) is 22.3. The van der Waals surface area contributed by atoms with E-state index in [0.29, 0.717) is 0 Å². The van der Waals surface area contributed by atoms with Crippen LogP contribution in [0.4, 0.5) is 0 Å². The predicted octanol–water partition coefficient (Wildman–Crippen LogP) is 9.85. The molecule has 0 radical (unpaired) electrons. The van der Waals surface area contributed by atoms with Crippen LogP contribution < -0.4 is 0 Å². The molecule has 0 fully saturated rings. The Hall–Kier alpha value is -4.95. The smallest absolute Gasteiger partial charge is 0.139 e. The third-order valence-corrected chi connectivity index (χ3v) is 7.44. The molecule has 0 aliphatic carbocycles. The molecule has 180 valence electrons. The first-order chi connectivity index (χ1) is 18.8. The Labute approximate surface area is 221 Å². The lowest BCUT2D eigenvalue weighted by molar-refractivity contribution is 0.663. The standard InChI is InChI=1S/C36H25NO/c37-23-34(33-15-8-14-32-31-13-6-7-16-35(31)38-36(32)33)30-21-28(24-9-2-1-3-10-24)20-29(22-30)27-18-17-25-11-4-5-12-26(25)19-27/h1-23,34,37H. The van der Waals surface area contributed by atoms with Crippen molar-refractivity contribution >= 4 is 38.9 Å². The van der Waals surface area contributed by atoms with Crippen molar-refractivity contribution in [2.45, 2.75) is 5.92 Å². The highest BCUT2D eigenvalue weighted by Gasteiger charge is 2.20. The zero-order chi connectivity index (χ0) is 25.5. The van der Waals surface area contributed by atoms with Crippen LogP contribution in [0.3, 0.4) is 0 Å². The molecule has 7 aromatic rings. The molecule has 0 bridgehead atoms. The van der Waals surface area contributed by atoms with E-state index in [9.17, 15) is 0 Å². The van der Waals surface area contributed by atoms with Gasteiger partial charge in [-0.25, -0.2) is 0 Å². The fourth-order valence-corrected chi connectivity index (χ4v) is 5.54. The Balaban J connectivity index is 1.45. The molecule has 1 unspecified atom stereocenters. The largest absolute Gasteiger partial charge is 0.456 e. The minimum absolute atomic E-state index is 0.248. The molecule has 0 aliphatic heterocycles. The first-order valence-corrected chi connectivity index (χ1v) is 12.9. The summed E-state index contributed by atoms with van der Waals surface area (Å²) in [5.41, 5.74) is 8.37. The number of nitrogens with one attached hydrogen (secondary N) is 1. The average molecular weight is 488 g/mol. The number of hydrogen-bond acceptors (Lipinski definition) is 2. The van der Waals surface area contributed by atoms with E-state index >= 15 is 0 Å². The summed E-state index contributed by atoms with van der Waals surface area (Å²) in [7, 11) is 0. The lowest BCUT2D eigenvalue weighted by Crippen LogP contribution is -2.03. The molecule has 6 aromatic carbocycles. The van der Waals surface area contributed by atoms with Crippen LogP contribution >= 0.6 is 0 Å². The lowest BCUT2D eigenvalue weighted by Gasteiger charge is -2.17. The highest BCUT2D eigenvalue weighted by Crippen LogP contribution is 2.38. The Morgan fingerprint density at radius 2 is 1.24 bits per heavy atom. The minimum Gasteiger partial charge on any atom is -0.456 e. The highest BCUT2D eigenvalue weighted by molar-refractivity contribution is 6.06. The van der Waals surface area contributed by atoms with Crippen molar-refractivity contribution in [1.82, 2.24) is 0 Å². The quantitative estimate of drug-likeness (QED) is 0.241. The second kappa shape index (κ2) is 9.17. The summed E-state index contributed by atoms with van der Waals surface area (Å²) in [5, 5.41) is 13.2. The van der Waals surface area contributed by atoms with E-state index in [1.807, 2.05) is 24.3 Å². The Morgan fingerprint density at radius 3 is 2.08 bits per heavy atom. The monoisotopic (exact) mass is 487 g/mol. The molecule has 1 aromatic heterocycles. The van der Waals surface area contributed by atoms with Gasteiger partial charge >= 0.3 is 0 Å². The molecule has 2 nitrogen and oxygen atoms in total. The lowest BCUT2D eigenvalue weighted by atomic mass is 9.86. The summed E-state index contributed by atoms with van der Waals surface area (Å²) in [6.45, 7) is 0. The molecular formula is C36H25NO. The molecule has 7 rings (SSSR count). The highest BCUT2D eigenvalue weighted by atomic mass is 16.3. The normalized spacial score (nSPS) is 12.2. The van der Waals surface area contributed by atoms with E-state index in [2.05, 4.69) is 109 Å². The van der Waals surface area contributed by atoms with Gasteiger partial charge in [-0.15, -0.1) is 0 Å². The van der Waals surface area contributed by atoms with Crippen LogP contribution in [0.2, 0.25) is 0 Å². The number of para-hydroxylation sites is 2. The predicted molar refractivity (Wildman–Crippen MR) is 159 cm³/mol. The molecule has 0 aliphatic rings. The van der Waals surface area contributed by atoms with E-state index in [0.717, 1.165) is 55.3 Å². The second-order valence-corrected chi connectivity index (χ2v) is 9.74. The van der Waals surface area contributed by atoms with Crippen molar-refractivity contribution in [1.29, 1.82) is 5.41 Å². The Bertz CT molecular complexity index is 1950. The van der Waals surface area contributed by atoms with Crippen LogP contribution in [0.15, 0.2) is 138 Å². The van der Waals surface area contributed by atoms with E-state index in [-0.39, 0.29) is 5.92 Å². The fourth-order valence-electron chi connectivity index (χ4n) is 5.54. The zero-order valence-corrected chi connectivity index (χ0v) is 20.8. The van der Waals surface area contributed by atoms with Gasteiger partial charge in [0.15, 0.2) is 0 Å². The maximum absolute atomic E-state index is 8.54. The SMILES string of the molecule is N=CC(c1cc(-c2ccccc2)cc(-c2ccc3ccccc3c2)c1)c1cccc2c1oc1ccccc12. The molecule has 0 saturated carbocycles. The second-order valence-electron chi connectivity index (χ2n) is 9.74. The van der Waals surface area contributed by atoms with Crippen LogP contribution in [0.25, 0.3) is 55.0 Å². The fraction of sp³-hybridized carbons (Fsp3) is 0.0278. The van der Waals surface area contributed by atoms with Gasteiger partial charge in [0, 0.05) is 28.5 Å². The van der Waals surface area contributed by atoms with Gasteiger partial charge in [-0.3, -0.25) is 0 Å². The van der Waals surface area contributed by atoms with E-state index in [1.54, 1.807) is 0 Å². The van der Waals surface area contributed by atoms with Gasteiger partial charge < -0.3 is 9.83 Å². The molecule has 0 spiro atoms. The Morgan fingerprint density at radius 1 is 0.526 bits per heavy atom. The molecule has 0 amide bonds. The van der Waals surface area contributed by atoms with Crippen molar-refractivity contribution in [3.63, 3.8) is 0 Å². The van der Waals surface area contributed by atoms with Crippen molar-refractivity contribution in [2.24, 2.45) is 0 Å². The molecule has 2 heteroatoms. The van der Waals surface area contributed by atoms with Crippen LogP contribution in [0.5, 0.6) is 0 Å². The van der Waals surface area contributed by atoms with Crippen molar-refractivity contribution in [2.75, 3.05) is 0 Å². The molecule has 1 heterocycles. The summed E-state index contributed by atoms with van der Waals surface area (Å²) in [6.07, 6.45) is 1.54. The number of hydrogen-bond donors (Lipinski definition) is 1. The summed E-state index contributed by atoms with van der Waals surface area (Å²) in [5.74, 6) is -0.248. The van der Waals surface area contributed by atoms with Gasteiger partial charge in [-0.1, -0.05) is 115 Å². The maximum atomic E-state index is 8.54. The van der Waals surface area contributed by atoms with Crippen LogP contribution in [-0.4, -0.2) is 6.21 Å². The van der Waals surface area contributed by atoms with Crippen LogP contribution in [0.1, 0.15) is 17.0 Å². The topological polar surface area (TPSA) is 37.0 Å². The molecule has 38 heavy (non-hydrogen) atoms. The molecule has 0 saturated heterocycles. The number of rotatable bonds is 5. The summed E-state index contributed by atoms with van der Waals surface area (Å²) in [6, 6.07) is 46.7. The van der Waals surface area contributed by atoms with E-state index in [4.69, 9.17) is 9.83 Å². The van der Waals surface area contributed by atoms with Crippen molar-refractivity contribution < 1.29 is 4.42 Å². The maximum Gasteiger partial charge on any atom is 0.139 e. The average Bonchev–Trinajstić information content (AvgIpc) is 3.37. The van der Waals surface area contributed by atoms with Crippen LogP contribution in [-0.2, 0) is 0 Å². The van der Waals surface area contributed by atoms with Crippen molar-refractivity contribution in [3.05, 3.63) is 145 Å². The van der Waals surface area contributed by atoms with Crippen LogP contribution in [0, 0.1) is 5.41 Å². The minimum atomic E-state index is -0.248. The summed E-state index contributed by atoms with van der Waals surface area (Å²) >= 11 is 0. The third-order valence-electron chi connectivity index (χ3n) is 7.44. The van der Waals surface area contributed by atoms with Gasteiger partial charge in [0.2, 0.25) is 0 Å². The Kier molecular flexibility index (Phi) is 5.37. The van der Waals surface area contributed by atoms with Gasteiger partial charge in [0.05, 0.1) is 0 Å². The van der Waals surface area contributed by atoms with Gasteiger partial charge in [-0.05, 0) is 56.8 Å². The zero-order valence-electron chi connectivity index (χ0n) is 20.8. The molecule has 1 atom stereocenters. The van der Waals surface area contributed by atoms with Gasteiger partial charge in [-0.2, -0.15) is 0 Å². The van der Waals surface area contributed by atoms with Crippen molar-refractivity contribution in [3.8, 4) is 22.3 Å². The molecule has 1 N–H and O–H groups in total. The first-order valence-electron chi connectivity index (χ1n) is 12.9. The van der Waals surface area contributed by atoms with E-state index in [1.165, 1.54) is 17.0 Å². The number of furan rings is 1. The summed E-state index contributed by atoms with van der Waals surface area (Å²) < 4.78 is 6.36. The third kappa shape index (κ3) is 3.79. The van der Waals surface area contributed by atoms with Gasteiger partial charge in [0.1, 0.15) is 11.2 Å². The van der Waals surface area contributed by atoms with Gasteiger partial charge in [0.25, 0.3) is 0 Å². The number of fused-ring (bicyclic) bond motifs is 4. The summed E-state index contributed by atoms with van der Waals surface area (Å²) in [4.78, 5) is 0. The van der Waals surface area contributed by atoms with E-state index < -0.39 is 0 Å².